The lowest BCUT2D eigenvalue weighted by atomic mass is 10.1. The van der Waals surface area contributed by atoms with Crippen molar-refractivity contribution in [3.63, 3.8) is 0 Å². The lowest BCUT2D eigenvalue weighted by Gasteiger charge is -2.18. The summed E-state index contributed by atoms with van der Waals surface area (Å²) in [6.07, 6.45) is -1.30. The number of nitrogens with zero attached hydrogens (tertiary/aromatic N) is 1. The Kier molecular flexibility index (Phi) is 3.37. The SMILES string of the molecule is CC(Nc1ccc(N)cc1C(F)(F)F)c1ncc[nH]1. The van der Waals surface area contributed by atoms with Gasteiger partial charge in [0.1, 0.15) is 5.82 Å². The van der Waals surface area contributed by atoms with Gasteiger partial charge in [0.05, 0.1) is 11.6 Å². The van der Waals surface area contributed by atoms with Crippen LogP contribution in [0.4, 0.5) is 24.5 Å². The van der Waals surface area contributed by atoms with Crippen molar-refractivity contribution in [2.24, 2.45) is 0 Å². The Balaban J connectivity index is 2.30. The summed E-state index contributed by atoms with van der Waals surface area (Å²) in [6, 6.07) is 3.28. The predicted molar refractivity (Wildman–Crippen MR) is 66.5 cm³/mol. The van der Waals surface area contributed by atoms with Crippen molar-refractivity contribution in [1.29, 1.82) is 0 Å². The third-order valence-electron chi connectivity index (χ3n) is 2.65. The van der Waals surface area contributed by atoms with E-state index in [0.29, 0.717) is 5.82 Å². The third-order valence-corrected chi connectivity index (χ3v) is 2.65. The summed E-state index contributed by atoms with van der Waals surface area (Å²) >= 11 is 0. The zero-order valence-electron chi connectivity index (χ0n) is 10.1. The van der Waals surface area contributed by atoms with Crippen molar-refractivity contribution < 1.29 is 13.2 Å². The first-order valence-corrected chi connectivity index (χ1v) is 5.60. The maximum absolute atomic E-state index is 12.9. The molecule has 2 aromatic rings. The van der Waals surface area contributed by atoms with Crippen LogP contribution in [-0.4, -0.2) is 9.97 Å². The fourth-order valence-electron chi connectivity index (χ4n) is 1.74. The molecule has 0 aliphatic rings. The second kappa shape index (κ2) is 4.83. The molecule has 0 aliphatic carbocycles. The Bertz CT molecular complexity index is 549. The van der Waals surface area contributed by atoms with E-state index < -0.39 is 11.7 Å². The second-order valence-corrected chi connectivity index (χ2v) is 4.14. The molecule has 19 heavy (non-hydrogen) atoms. The maximum atomic E-state index is 12.9. The van der Waals surface area contributed by atoms with Crippen LogP contribution in [-0.2, 0) is 6.18 Å². The molecule has 0 spiro atoms. The van der Waals surface area contributed by atoms with Crippen LogP contribution in [0.15, 0.2) is 30.6 Å². The summed E-state index contributed by atoms with van der Waals surface area (Å²) in [7, 11) is 0. The van der Waals surface area contributed by atoms with Crippen LogP contribution in [0.1, 0.15) is 24.4 Å². The van der Waals surface area contributed by atoms with Gasteiger partial charge in [-0.2, -0.15) is 13.2 Å². The molecule has 0 bridgehead atoms. The molecule has 0 saturated heterocycles. The molecule has 1 aromatic heterocycles. The van der Waals surface area contributed by atoms with Crippen LogP contribution in [0.5, 0.6) is 0 Å². The van der Waals surface area contributed by atoms with Crippen molar-refractivity contribution >= 4 is 11.4 Å². The highest BCUT2D eigenvalue weighted by Crippen LogP contribution is 2.37. The van der Waals surface area contributed by atoms with E-state index in [-0.39, 0.29) is 17.4 Å². The Morgan fingerprint density at radius 3 is 2.68 bits per heavy atom. The molecular weight excluding hydrogens is 257 g/mol. The molecule has 102 valence electrons. The third kappa shape index (κ3) is 2.98. The molecule has 1 atom stereocenters. The van der Waals surface area contributed by atoms with Crippen molar-refractivity contribution in [1.82, 2.24) is 9.97 Å². The average molecular weight is 270 g/mol. The highest BCUT2D eigenvalue weighted by atomic mass is 19.4. The zero-order valence-corrected chi connectivity index (χ0v) is 10.1. The van der Waals surface area contributed by atoms with Gasteiger partial charge in [0.2, 0.25) is 0 Å². The number of nitrogen functional groups attached to an aromatic ring is 1. The number of benzene rings is 1. The van der Waals surface area contributed by atoms with E-state index in [0.717, 1.165) is 6.07 Å². The number of alkyl halides is 3. The molecule has 0 saturated carbocycles. The summed E-state index contributed by atoms with van der Waals surface area (Å²) < 4.78 is 38.7. The molecule has 1 heterocycles. The molecule has 0 radical (unpaired) electrons. The molecule has 7 heteroatoms. The number of hydrogen-bond donors (Lipinski definition) is 3. The van der Waals surface area contributed by atoms with Crippen LogP contribution < -0.4 is 11.1 Å². The summed E-state index contributed by atoms with van der Waals surface area (Å²) in [5, 5.41) is 2.78. The number of hydrogen-bond acceptors (Lipinski definition) is 3. The fourth-order valence-corrected chi connectivity index (χ4v) is 1.74. The van der Waals surface area contributed by atoms with Gasteiger partial charge in [-0.3, -0.25) is 0 Å². The Labute approximate surface area is 107 Å². The number of H-pyrrole nitrogens is 1. The van der Waals surface area contributed by atoms with Crippen LogP contribution >= 0.6 is 0 Å². The van der Waals surface area contributed by atoms with Gasteiger partial charge < -0.3 is 16.0 Å². The number of rotatable bonds is 3. The largest absolute Gasteiger partial charge is 0.418 e. The molecule has 2 rings (SSSR count). The number of halogens is 3. The first-order chi connectivity index (χ1) is 8.88. The number of aromatic amines is 1. The van der Waals surface area contributed by atoms with Crippen LogP contribution in [0.25, 0.3) is 0 Å². The molecule has 0 aliphatic heterocycles. The number of anilines is 2. The van der Waals surface area contributed by atoms with Gasteiger partial charge in [-0.15, -0.1) is 0 Å². The first kappa shape index (κ1) is 13.3. The van der Waals surface area contributed by atoms with E-state index in [9.17, 15) is 13.2 Å². The lowest BCUT2D eigenvalue weighted by Crippen LogP contribution is -2.14. The molecular formula is C12H13F3N4. The van der Waals surface area contributed by atoms with E-state index in [2.05, 4.69) is 15.3 Å². The Hall–Kier alpha value is -2.18. The van der Waals surface area contributed by atoms with Crippen molar-refractivity contribution in [2.75, 3.05) is 11.1 Å². The van der Waals surface area contributed by atoms with Crippen molar-refractivity contribution in [3.8, 4) is 0 Å². The molecule has 1 unspecified atom stereocenters. The van der Waals surface area contributed by atoms with Crippen LogP contribution in [0.2, 0.25) is 0 Å². The average Bonchev–Trinajstić information content (AvgIpc) is 2.83. The maximum Gasteiger partial charge on any atom is 0.418 e. The van der Waals surface area contributed by atoms with E-state index in [1.165, 1.54) is 12.1 Å². The highest BCUT2D eigenvalue weighted by molar-refractivity contribution is 5.59. The van der Waals surface area contributed by atoms with E-state index in [1.807, 2.05) is 0 Å². The normalized spacial score (nSPS) is 13.3. The van der Waals surface area contributed by atoms with Gasteiger partial charge >= 0.3 is 6.18 Å². The van der Waals surface area contributed by atoms with E-state index in [1.54, 1.807) is 19.3 Å². The molecule has 0 fully saturated rings. The number of nitrogens with one attached hydrogen (secondary N) is 2. The second-order valence-electron chi connectivity index (χ2n) is 4.14. The number of nitrogens with two attached hydrogens (primary N) is 1. The Morgan fingerprint density at radius 1 is 1.37 bits per heavy atom. The fraction of sp³-hybridized carbons (Fsp3) is 0.250. The van der Waals surface area contributed by atoms with Crippen molar-refractivity contribution in [3.05, 3.63) is 42.0 Å². The summed E-state index contributed by atoms with van der Waals surface area (Å²) in [5.74, 6) is 0.560. The van der Waals surface area contributed by atoms with E-state index in [4.69, 9.17) is 5.73 Å². The van der Waals surface area contributed by atoms with Crippen LogP contribution in [0, 0.1) is 0 Å². The predicted octanol–water partition coefficient (Wildman–Crippen LogP) is 3.18. The minimum Gasteiger partial charge on any atom is -0.399 e. The van der Waals surface area contributed by atoms with Crippen LogP contribution in [0.3, 0.4) is 0 Å². The first-order valence-electron chi connectivity index (χ1n) is 5.60. The minimum absolute atomic E-state index is 0.0226. The minimum atomic E-state index is -4.46. The highest BCUT2D eigenvalue weighted by Gasteiger charge is 2.34. The van der Waals surface area contributed by atoms with Gasteiger partial charge in [0, 0.05) is 23.8 Å². The molecule has 4 nitrogen and oxygen atoms in total. The van der Waals surface area contributed by atoms with Gasteiger partial charge in [0.15, 0.2) is 0 Å². The van der Waals surface area contributed by atoms with Crippen molar-refractivity contribution in [2.45, 2.75) is 19.1 Å². The molecule has 4 N–H and O–H groups in total. The van der Waals surface area contributed by atoms with E-state index >= 15 is 0 Å². The summed E-state index contributed by atoms with van der Waals surface area (Å²) in [5.41, 5.74) is 4.67. The lowest BCUT2D eigenvalue weighted by molar-refractivity contribution is -0.136. The monoisotopic (exact) mass is 270 g/mol. The Morgan fingerprint density at radius 2 is 2.11 bits per heavy atom. The zero-order chi connectivity index (χ0) is 14.0. The topological polar surface area (TPSA) is 66.7 Å². The van der Waals surface area contributed by atoms with Gasteiger partial charge in [-0.05, 0) is 25.1 Å². The number of aromatic nitrogens is 2. The van der Waals surface area contributed by atoms with Gasteiger partial charge in [0.25, 0.3) is 0 Å². The standard InChI is InChI=1S/C12H13F3N4/c1-7(11-17-4-5-18-11)19-10-3-2-8(16)6-9(10)12(13,14)15/h2-7,19H,16H2,1H3,(H,17,18). The molecule has 1 aromatic carbocycles. The summed E-state index contributed by atoms with van der Waals surface area (Å²) in [4.78, 5) is 6.84. The number of imidazole rings is 1. The molecule has 0 amide bonds. The van der Waals surface area contributed by atoms with Gasteiger partial charge in [-0.25, -0.2) is 4.98 Å². The smallest absolute Gasteiger partial charge is 0.399 e. The summed E-state index contributed by atoms with van der Waals surface area (Å²) in [6.45, 7) is 1.72. The quantitative estimate of drug-likeness (QED) is 0.750. The van der Waals surface area contributed by atoms with Gasteiger partial charge in [-0.1, -0.05) is 0 Å².